The molecule has 0 unspecified atom stereocenters. The highest BCUT2D eigenvalue weighted by molar-refractivity contribution is 6.02. The normalized spacial score (nSPS) is 10.8. The first-order valence-electron chi connectivity index (χ1n) is 10.0. The number of carbonyl (C=O) groups excluding carboxylic acids is 1. The van der Waals surface area contributed by atoms with Crippen LogP contribution in [0.5, 0.6) is 5.75 Å². The second-order valence-corrected chi connectivity index (χ2v) is 7.46. The molecule has 0 spiro atoms. The van der Waals surface area contributed by atoms with Crippen molar-refractivity contribution in [3.05, 3.63) is 81.3 Å². The van der Waals surface area contributed by atoms with E-state index < -0.39 is 0 Å². The summed E-state index contributed by atoms with van der Waals surface area (Å²) < 4.78 is 11.4. The number of benzene rings is 2. The van der Waals surface area contributed by atoms with Crippen LogP contribution >= 0.6 is 0 Å². The predicted octanol–water partition coefficient (Wildman–Crippen LogP) is 6.06. The minimum Gasteiger partial charge on any atom is -0.494 e. The Morgan fingerprint density at radius 3 is 2.24 bits per heavy atom. The van der Waals surface area contributed by atoms with Crippen LogP contribution in [0.4, 0.5) is 5.69 Å². The van der Waals surface area contributed by atoms with Crippen molar-refractivity contribution in [2.24, 2.45) is 0 Å². The zero-order valence-corrected chi connectivity index (χ0v) is 18.1. The molecule has 1 aromatic heterocycles. The topological polar surface area (TPSA) is 51.5 Å². The van der Waals surface area contributed by atoms with Crippen molar-refractivity contribution >= 4 is 11.6 Å². The smallest absolute Gasteiger partial charge is 0.291 e. The maximum Gasteiger partial charge on any atom is 0.291 e. The summed E-state index contributed by atoms with van der Waals surface area (Å²) in [6.07, 6.45) is 0.673. The van der Waals surface area contributed by atoms with Crippen LogP contribution in [0.15, 0.2) is 40.8 Å². The van der Waals surface area contributed by atoms with Crippen molar-refractivity contribution in [2.75, 3.05) is 11.9 Å². The molecule has 0 aliphatic heterocycles. The summed E-state index contributed by atoms with van der Waals surface area (Å²) in [5, 5.41) is 2.87. The zero-order valence-electron chi connectivity index (χ0n) is 18.1. The third kappa shape index (κ3) is 4.37. The molecular weight excluding hydrogens is 362 g/mol. The van der Waals surface area contributed by atoms with Gasteiger partial charge in [-0.05, 0) is 99.2 Å². The highest BCUT2D eigenvalue weighted by atomic mass is 16.5. The molecular formula is C25H29NO3. The van der Waals surface area contributed by atoms with Gasteiger partial charge in [0, 0.05) is 18.2 Å². The third-order valence-electron chi connectivity index (χ3n) is 5.79. The van der Waals surface area contributed by atoms with Gasteiger partial charge in [-0.1, -0.05) is 6.07 Å². The monoisotopic (exact) mass is 391 g/mol. The Kier molecular flexibility index (Phi) is 6.12. The third-order valence-corrected chi connectivity index (χ3v) is 5.79. The average Bonchev–Trinajstić information content (AvgIpc) is 3.18. The lowest BCUT2D eigenvalue weighted by molar-refractivity contribution is 0.0995. The Morgan fingerprint density at radius 2 is 1.59 bits per heavy atom. The minimum atomic E-state index is -0.269. The first-order chi connectivity index (χ1) is 13.8. The largest absolute Gasteiger partial charge is 0.494 e. The molecule has 0 saturated heterocycles. The van der Waals surface area contributed by atoms with E-state index in [2.05, 4.69) is 39.9 Å². The molecule has 0 atom stereocenters. The molecule has 1 heterocycles. The van der Waals surface area contributed by atoms with Crippen LogP contribution in [0.2, 0.25) is 0 Å². The van der Waals surface area contributed by atoms with Gasteiger partial charge in [0.05, 0.1) is 6.61 Å². The van der Waals surface area contributed by atoms with E-state index in [-0.39, 0.29) is 5.91 Å². The number of hydrogen-bond acceptors (Lipinski definition) is 3. The van der Waals surface area contributed by atoms with Gasteiger partial charge >= 0.3 is 0 Å². The molecule has 4 nitrogen and oxygen atoms in total. The number of nitrogens with one attached hydrogen (secondary N) is 1. The van der Waals surface area contributed by atoms with Crippen molar-refractivity contribution in [3.8, 4) is 5.75 Å². The number of amides is 1. The standard InChI is InChI=1S/C25H29NO3/c1-7-28-21-10-8-9-20(13-21)26-25(27)24-12-11-22(29-24)14-23-18(5)16(3)15(2)17(4)19(23)6/h8-13H,7,14H2,1-6H3,(H,26,27). The van der Waals surface area contributed by atoms with E-state index in [0.29, 0.717) is 24.5 Å². The number of rotatable bonds is 6. The lowest BCUT2D eigenvalue weighted by Gasteiger charge is -2.18. The number of anilines is 1. The summed E-state index contributed by atoms with van der Waals surface area (Å²) in [5.74, 6) is 1.54. The van der Waals surface area contributed by atoms with Gasteiger partial charge in [0.15, 0.2) is 5.76 Å². The molecule has 0 aliphatic rings. The minimum absolute atomic E-state index is 0.269. The first kappa shape index (κ1) is 20.7. The molecule has 4 heteroatoms. The SMILES string of the molecule is CCOc1cccc(NC(=O)c2ccc(Cc3c(C)c(C)c(C)c(C)c3C)o2)c1. The van der Waals surface area contributed by atoms with Gasteiger partial charge in [0.1, 0.15) is 11.5 Å². The maximum atomic E-state index is 12.6. The fraction of sp³-hybridized carbons (Fsp3) is 0.320. The van der Waals surface area contributed by atoms with E-state index in [9.17, 15) is 4.79 Å². The summed E-state index contributed by atoms with van der Waals surface area (Å²) in [4.78, 5) is 12.6. The Morgan fingerprint density at radius 1 is 0.931 bits per heavy atom. The summed E-state index contributed by atoms with van der Waals surface area (Å²) in [5.41, 5.74) is 8.52. The van der Waals surface area contributed by atoms with Crippen molar-refractivity contribution in [1.29, 1.82) is 0 Å². The van der Waals surface area contributed by atoms with Crippen LogP contribution in [0, 0.1) is 34.6 Å². The second kappa shape index (κ2) is 8.56. The maximum absolute atomic E-state index is 12.6. The number of furan rings is 1. The molecule has 1 amide bonds. The van der Waals surface area contributed by atoms with Crippen LogP contribution in [0.3, 0.4) is 0 Å². The second-order valence-electron chi connectivity index (χ2n) is 7.46. The number of hydrogen-bond donors (Lipinski definition) is 1. The van der Waals surface area contributed by atoms with Gasteiger partial charge in [-0.2, -0.15) is 0 Å². The van der Waals surface area contributed by atoms with E-state index in [1.807, 2.05) is 31.2 Å². The molecule has 29 heavy (non-hydrogen) atoms. The fourth-order valence-corrected chi connectivity index (χ4v) is 3.64. The van der Waals surface area contributed by atoms with Gasteiger partial charge < -0.3 is 14.5 Å². The lowest BCUT2D eigenvalue weighted by atomic mass is 9.88. The Balaban J connectivity index is 1.78. The van der Waals surface area contributed by atoms with E-state index >= 15 is 0 Å². The number of carbonyl (C=O) groups is 1. The van der Waals surface area contributed by atoms with E-state index in [1.165, 1.54) is 33.4 Å². The van der Waals surface area contributed by atoms with Gasteiger partial charge in [-0.25, -0.2) is 0 Å². The van der Waals surface area contributed by atoms with Crippen molar-refractivity contribution in [3.63, 3.8) is 0 Å². The van der Waals surface area contributed by atoms with E-state index in [0.717, 1.165) is 11.5 Å². The number of ether oxygens (including phenoxy) is 1. The van der Waals surface area contributed by atoms with Crippen LogP contribution < -0.4 is 10.1 Å². The van der Waals surface area contributed by atoms with E-state index in [4.69, 9.17) is 9.15 Å². The molecule has 0 bridgehead atoms. The Labute approximate surface area is 172 Å². The highest BCUT2D eigenvalue weighted by Gasteiger charge is 2.16. The summed E-state index contributed by atoms with van der Waals surface area (Å²) >= 11 is 0. The fourth-order valence-electron chi connectivity index (χ4n) is 3.64. The molecule has 0 fully saturated rings. The first-order valence-corrected chi connectivity index (χ1v) is 10.0. The Hall–Kier alpha value is -3.01. The predicted molar refractivity (Wildman–Crippen MR) is 117 cm³/mol. The van der Waals surface area contributed by atoms with E-state index in [1.54, 1.807) is 12.1 Å². The quantitative estimate of drug-likeness (QED) is 0.555. The van der Waals surface area contributed by atoms with Gasteiger partial charge in [0.25, 0.3) is 5.91 Å². The lowest BCUT2D eigenvalue weighted by Crippen LogP contribution is -2.11. The van der Waals surface area contributed by atoms with Gasteiger partial charge in [-0.15, -0.1) is 0 Å². The summed E-state index contributed by atoms with van der Waals surface area (Å²) in [7, 11) is 0. The average molecular weight is 392 g/mol. The van der Waals surface area contributed by atoms with Gasteiger partial charge in [-0.3, -0.25) is 4.79 Å². The van der Waals surface area contributed by atoms with Crippen LogP contribution in [0.1, 0.15) is 56.6 Å². The van der Waals surface area contributed by atoms with Crippen molar-refractivity contribution in [1.82, 2.24) is 0 Å². The highest BCUT2D eigenvalue weighted by Crippen LogP contribution is 2.28. The molecule has 1 N–H and O–H groups in total. The van der Waals surface area contributed by atoms with Crippen molar-refractivity contribution < 1.29 is 13.9 Å². The van der Waals surface area contributed by atoms with Crippen molar-refractivity contribution in [2.45, 2.75) is 48.0 Å². The van der Waals surface area contributed by atoms with Crippen LogP contribution in [-0.4, -0.2) is 12.5 Å². The van der Waals surface area contributed by atoms with Crippen LogP contribution in [-0.2, 0) is 6.42 Å². The van der Waals surface area contributed by atoms with Gasteiger partial charge in [0.2, 0.25) is 0 Å². The summed E-state index contributed by atoms with van der Waals surface area (Å²) in [6, 6.07) is 11.0. The zero-order chi connectivity index (χ0) is 21.1. The molecule has 3 aromatic rings. The molecule has 152 valence electrons. The molecule has 2 aromatic carbocycles. The van der Waals surface area contributed by atoms with Crippen LogP contribution in [0.25, 0.3) is 0 Å². The molecule has 0 saturated carbocycles. The molecule has 0 radical (unpaired) electrons. The Bertz CT molecular complexity index is 1020. The summed E-state index contributed by atoms with van der Waals surface area (Å²) in [6.45, 7) is 13.3. The molecule has 3 rings (SSSR count). The molecule has 0 aliphatic carbocycles.